The molecule has 34 nitrogen and oxygen atoms in total. The Bertz CT molecular complexity index is 6990. The van der Waals surface area contributed by atoms with Crippen LogP contribution in [0.15, 0.2) is 254 Å². The number of nitriles is 1. The lowest BCUT2D eigenvalue weighted by Gasteiger charge is -2.17. The van der Waals surface area contributed by atoms with Gasteiger partial charge < -0.3 is 22.4 Å². The van der Waals surface area contributed by atoms with E-state index in [2.05, 4.69) is 115 Å². The Morgan fingerprint density at radius 2 is 0.962 bits per heavy atom. The number of nitrogen functional groups attached to an aromatic ring is 1. The number of benzene rings is 6. The number of sulfonamides is 2. The third kappa shape index (κ3) is 27.5. The molecule has 9 aromatic heterocycles. The number of thioether (sulfide) groups is 1. The molecule has 6 aromatic carbocycles. The molecule has 1 atom stereocenters. The van der Waals surface area contributed by atoms with E-state index in [1.807, 2.05) is 10.8 Å². The van der Waals surface area contributed by atoms with Gasteiger partial charge >= 0.3 is 0 Å². The van der Waals surface area contributed by atoms with Crippen molar-refractivity contribution < 1.29 is 79.6 Å². The number of Topliss-reactive ketones (excluding diaryl/α,β-unsaturated/α-hetero) is 2. The number of nitrogens with one attached hydrogen (secondary N) is 3. The van der Waals surface area contributed by atoms with Crippen LogP contribution in [-0.2, 0) is 42.1 Å². The average molecular weight is 1980 g/mol. The molecular formula is C80H56Cl2F9N25O9S7. The summed E-state index contributed by atoms with van der Waals surface area (Å²) in [5.74, 6) is -10.5. The molecule has 1 unspecified atom stereocenters. The van der Waals surface area contributed by atoms with E-state index in [1.165, 1.54) is 129 Å². The Morgan fingerprint density at radius 3 is 1.43 bits per heavy atom. The number of rotatable bonds is 22. The number of anilines is 3. The number of nitrogens with two attached hydrogens (primary N) is 4. The average Bonchev–Trinajstić information content (AvgIpc) is 1.54. The van der Waals surface area contributed by atoms with E-state index < -0.39 is 136 Å². The van der Waals surface area contributed by atoms with E-state index in [0.29, 0.717) is 50.1 Å². The van der Waals surface area contributed by atoms with Gasteiger partial charge in [0.15, 0.2) is 48.5 Å². The fourth-order valence-electron chi connectivity index (χ4n) is 10.5. The van der Waals surface area contributed by atoms with E-state index in [9.17, 15) is 65.6 Å². The first-order chi connectivity index (χ1) is 63.0. The number of hydrogen-bond acceptors (Lipinski definition) is 34. The second-order valence-electron chi connectivity index (χ2n) is 24.9. The Labute approximate surface area is 770 Å². The fraction of sp³-hybridized carbons (Fsp3) is 0.0375. The zero-order valence-corrected chi connectivity index (χ0v) is 73.3. The van der Waals surface area contributed by atoms with E-state index >= 15 is 8.78 Å². The van der Waals surface area contributed by atoms with Gasteiger partial charge in [-0.25, -0.2) is 111 Å². The Balaban J connectivity index is 0.000000194. The van der Waals surface area contributed by atoms with Crippen LogP contribution in [0.3, 0.4) is 0 Å². The van der Waals surface area contributed by atoms with Crippen LogP contribution in [0.2, 0.25) is 10.6 Å². The minimum Gasteiger partial charge on any atom is -0.388 e. The van der Waals surface area contributed by atoms with Gasteiger partial charge in [0.05, 0.1) is 93.3 Å². The summed E-state index contributed by atoms with van der Waals surface area (Å²) in [5, 5.41) is 21.6. The van der Waals surface area contributed by atoms with Crippen LogP contribution >= 0.6 is 70.7 Å². The number of nitrogens with zero attached hydrogens (tertiary/aromatic N) is 18. The van der Waals surface area contributed by atoms with Gasteiger partial charge in [-0.05, 0) is 108 Å². The molecule has 0 aliphatic heterocycles. The molecule has 0 bridgehead atoms. The lowest BCUT2D eigenvalue weighted by atomic mass is 10.0. The highest BCUT2D eigenvalue weighted by Gasteiger charge is 2.34. The normalized spacial score (nSPS) is 10.9. The number of hydrogen-bond donors (Lipinski definition) is 8. The third-order valence-electron chi connectivity index (χ3n) is 16.2. The van der Waals surface area contributed by atoms with Crippen molar-refractivity contribution >= 4 is 145 Å². The van der Waals surface area contributed by atoms with E-state index in [0.717, 1.165) is 90.2 Å². The van der Waals surface area contributed by atoms with Crippen molar-refractivity contribution in [2.24, 2.45) is 17.4 Å². The Kier molecular flexibility index (Phi) is 36.4. The Hall–Kier alpha value is -14.7. The molecule has 0 amide bonds. The number of sulfone groups is 1. The molecule has 0 saturated carbocycles. The molecule has 0 radical (unpaired) electrons. The topological polar surface area (TPSA) is 552 Å². The van der Waals surface area contributed by atoms with Crippen LogP contribution in [0.5, 0.6) is 0 Å². The summed E-state index contributed by atoms with van der Waals surface area (Å²) in [4.78, 5) is 89.8. The molecule has 674 valence electrons. The number of aromatic nitrogens is 17. The third-order valence-corrected chi connectivity index (χ3v) is 23.7. The number of thiocarbonyl (C=S) groups is 2. The zero-order chi connectivity index (χ0) is 96.0. The highest BCUT2D eigenvalue weighted by molar-refractivity contribution is 8.15. The van der Waals surface area contributed by atoms with Crippen molar-refractivity contribution in [1.29, 1.82) is 10.7 Å². The second-order valence-corrected chi connectivity index (χ2v) is 33.7. The predicted molar refractivity (Wildman–Crippen MR) is 473 cm³/mol. The lowest BCUT2D eigenvalue weighted by Crippen LogP contribution is -2.19. The smallest absolute Gasteiger partial charge is 0.267 e. The molecule has 12 N–H and O–H groups in total. The summed E-state index contributed by atoms with van der Waals surface area (Å²) in [6.07, 6.45) is 25.9. The first-order valence-electron chi connectivity index (χ1n) is 36.0. The maximum atomic E-state index is 15.8. The van der Waals surface area contributed by atoms with Crippen LogP contribution in [-0.4, -0.2) is 142 Å². The predicted octanol–water partition coefficient (Wildman–Crippen LogP) is 13.2. The van der Waals surface area contributed by atoms with E-state index in [-0.39, 0.29) is 77.4 Å². The molecule has 15 aromatic rings. The van der Waals surface area contributed by atoms with Crippen LogP contribution in [0.4, 0.5) is 56.8 Å². The number of thiazole rings is 1. The van der Waals surface area contributed by atoms with Crippen LogP contribution in [0, 0.1) is 69.1 Å². The molecular weight excluding hydrogens is 1920 g/mol. The van der Waals surface area contributed by atoms with Crippen molar-refractivity contribution in [3.8, 4) is 38.6 Å². The molecule has 15 rings (SSSR count). The minimum absolute atomic E-state index is 0.0215. The van der Waals surface area contributed by atoms with Gasteiger partial charge in [-0.3, -0.25) is 69.3 Å². The van der Waals surface area contributed by atoms with Crippen molar-refractivity contribution in [3.05, 3.63) is 353 Å². The first kappa shape index (κ1) is 101. The molecule has 52 heteroatoms. The quantitative estimate of drug-likeness (QED) is 0.00594. The van der Waals surface area contributed by atoms with Gasteiger partial charge in [0, 0.05) is 91.7 Å². The van der Waals surface area contributed by atoms with Crippen molar-refractivity contribution in [3.63, 3.8) is 0 Å². The second kappa shape index (κ2) is 47.6. The number of halogens is 11. The molecule has 0 aliphatic carbocycles. The zero-order valence-electron chi connectivity index (χ0n) is 66.1. The van der Waals surface area contributed by atoms with Crippen LogP contribution in [0.1, 0.15) is 65.7 Å². The summed E-state index contributed by atoms with van der Waals surface area (Å²) in [5.41, 5.74) is 16.3. The summed E-state index contributed by atoms with van der Waals surface area (Å²) in [7, 11) is -14.3. The molecule has 0 spiro atoms. The minimum atomic E-state index is -4.92. The Morgan fingerprint density at radius 1 is 0.500 bits per heavy atom. The largest absolute Gasteiger partial charge is 0.388 e. The van der Waals surface area contributed by atoms with Gasteiger partial charge in [0.25, 0.3) is 20.0 Å². The summed E-state index contributed by atoms with van der Waals surface area (Å²) < 4.78 is 210. The van der Waals surface area contributed by atoms with E-state index in [4.69, 9.17) is 56.3 Å². The molecule has 0 fully saturated rings. The van der Waals surface area contributed by atoms with Crippen LogP contribution in [0.25, 0.3) is 32.5 Å². The molecule has 132 heavy (non-hydrogen) atoms. The monoisotopic (exact) mass is 1980 g/mol. The van der Waals surface area contributed by atoms with Gasteiger partial charge in [0.1, 0.15) is 99.7 Å². The highest BCUT2D eigenvalue weighted by Crippen LogP contribution is 2.43. The standard InChI is InChI=1S/C23H14ClF3N6O3S2.C23H14F3N7O2S2.C19H12ClF3N2O3S.2C5H5N3S.C5H3N3.H3NO/c24-23-31-8-7-16(32-23)20(37-22(28)17-11-29-9-10-30-17)19(34)12-3-1-6-15(18(12)27)33-38(35,36)21-13(25)4-2-5-14(21)26;24-13-4-2-5-14(25)21(13)37(34,35)33-15-6-1-3-12(18(15)26)19-20(16-7-8-30-23(27)31-16)36-22(32-19)17-11-28-9-10-29-17;20-19-24-8-7-12(25-19)9-16(26)13-4-1-3-11(17(13)23)10-29(27,28)18-14(21)5-2-6-15(18)22;2*6-5(9)4-3-7-1-2-8-4;6-3-5-4-7-1-2-8-5;1-2/h1-11,20,28,33H;1-11,33H,(H2,27,30,31);1-8H,9-10H2;2*1-3H,(H2,6,9);1-2,4H;2H,1H2. The maximum Gasteiger partial charge on any atom is 0.267 e. The fourth-order valence-corrected chi connectivity index (χ4v) is 16.9. The number of carbonyl (C=O) groups is 2. The summed E-state index contributed by atoms with van der Waals surface area (Å²) in [6, 6.07) is 24.5. The van der Waals surface area contributed by atoms with Gasteiger partial charge in [-0.15, -0.1) is 11.3 Å². The van der Waals surface area contributed by atoms with Crippen LogP contribution < -0.4 is 32.5 Å². The summed E-state index contributed by atoms with van der Waals surface area (Å²) in [6.45, 7) is 0. The highest BCUT2D eigenvalue weighted by atomic mass is 35.5. The first-order valence-corrected chi connectivity index (χ1v) is 43.8. The molecule has 0 aliphatic rings. The van der Waals surface area contributed by atoms with E-state index in [1.54, 1.807) is 35.6 Å². The SMILES string of the molecule is N#Cc1cnccn1.N=C(SC(C(=O)c1cccc(NS(=O)(=O)c2c(F)cccc2F)c1F)c1ccnc(Cl)n1)c1cnccn1.NC(=S)c1cnccn1.NC(=S)c1cnccn1.NO.Nc1nccc(-c2sc(-c3cnccn3)nc2-c2cccc(NS(=O)(=O)c3c(F)cccc3F)c2F)n1.O=C(Cc1ccnc(Cl)n1)c1cccc(CS(=O)(=O)c2c(F)cccc2F)c1F. The van der Waals surface area contributed by atoms with Gasteiger partial charge in [-0.1, -0.05) is 78.7 Å². The number of ketones is 2. The van der Waals surface area contributed by atoms with Gasteiger partial charge in [-0.2, -0.15) is 5.26 Å². The van der Waals surface area contributed by atoms with Crippen molar-refractivity contribution in [2.45, 2.75) is 32.1 Å². The van der Waals surface area contributed by atoms with Crippen molar-refractivity contribution in [1.82, 2.24) is 84.7 Å². The maximum absolute atomic E-state index is 15.8. The number of carbonyl (C=O) groups excluding carboxylic acids is 2. The lowest BCUT2D eigenvalue weighted by molar-refractivity contribution is 0.0977. The van der Waals surface area contributed by atoms with Gasteiger partial charge in [0.2, 0.25) is 16.5 Å². The molecule has 0 saturated heterocycles. The van der Waals surface area contributed by atoms with Crippen molar-refractivity contribution in [2.75, 3.05) is 15.2 Å². The summed E-state index contributed by atoms with van der Waals surface area (Å²) >= 11 is 22.6. The molecule has 9 heterocycles.